The molecule has 0 aliphatic carbocycles. The van der Waals surface area contributed by atoms with Crippen molar-refractivity contribution in [2.45, 2.75) is 52.6 Å². The molecule has 1 atom stereocenters. The molecule has 1 aliphatic heterocycles. The van der Waals surface area contributed by atoms with Gasteiger partial charge >= 0.3 is 5.97 Å². The van der Waals surface area contributed by atoms with Crippen LogP contribution >= 0.6 is 0 Å². The van der Waals surface area contributed by atoms with E-state index < -0.39 is 5.97 Å². The average Bonchev–Trinajstić information content (AvgIpc) is 2.87. The van der Waals surface area contributed by atoms with E-state index in [0.29, 0.717) is 18.0 Å². The number of likely N-dealkylation sites (tertiary alicyclic amines) is 1. The first kappa shape index (κ1) is 14.1. The van der Waals surface area contributed by atoms with Crippen molar-refractivity contribution in [1.29, 1.82) is 0 Å². The van der Waals surface area contributed by atoms with Gasteiger partial charge in [-0.25, -0.2) is 4.79 Å². The first-order valence-electron chi connectivity index (χ1n) is 6.90. The summed E-state index contributed by atoms with van der Waals surface area (Å²) in [5.74, 6) is -0.895. The molecule has 0 saturated carbocycles. The van der Waals surface area contributed by atoms with Crippen LogP contribution in [0.4, 0.5) is 0 Å². The number of hydrogen-bond donors (Lipinski definition) is 1. The Labute approximate surface area is 114 Å². The third kappa shape index (κ3) is 3.60. The highest BCUT2D eigenvalue weighted by Crippen LogP contribution is 2.31. The molecule has 4 nitrogen and oxygen atoms in total. The second-order valence-electron chi connectivity index (χ2n) is 6.61. The highest BCUT2D eigenvalue weighted by atomic mass is 16.4. The van der Waals surface area contributed by atoms with Gasteiger partial charge in [-0.2, -0.15) is 0 Å². The number of carboxylic acid groups (broad SMARTS) is 1. The normalized spacial score (nSPS) is 20.9. The maximum Gasteiger partial charge on any atom is 0.372 e. The standard InChI is InChI=1S/C15H23NO3/c1-15(2,3)9-12-5-4-7-16(12)10-11-6-8-19-13(11)14(17)18/h6,8,12H,4-5,7,9-10H2,1-3H3,(H,17,18). The lowest BCUT2D eigenvalue weighted by atomic mass is 9.87. The Morgan fingerprint density at radius 1 is 1.53 bits per heavy atom. The molecule has 2 rings (SSSR count). The maximum absolute atomic E-state index is 11.1. The average molecular weight is 265 g/mol. The fourth-order valence-corrected chi connectivity index (χ4v) is 2.91. The smallest absolute Gasteiger partial charge is 0.372 e. The summed E-state index contributed by atoms with van der Waals surface area (Å²) in [6, 6.07) is 2.33. The van der Waals surface area contributed by atoms with E-state index in [2.05, 4.69) is 25.7 Å². The number of rotatable bonds is 4. The van der Waals surface area contributed by atoms with Gasteiger partial charge in [0.25, 0.3) is 0 Å². The molecule has 0 amide bonds. The van der Waals surface area contributed by atoms with E-state index in [1.165, 1.54) is 19.1 Å². The van der Waals surface area contributed by atoms with Gasteiger partial charge in [0.05, 0.1) is 6.26 Å². The van der Waals surface area contributed by atoms with Gasteiger partial charge in [-0.3, -0.25) is 4.90 Å². The number of nitrogens with zero attached hydrogens (tertiary/aromatic N) is 1. The van der Waals surface area contributed by atoms with Crippen molar-refractivity contribution in [3.63, 3.8) is 0 Å². The summed E-state index contributed by atoms with van der Waals surface area (Å²) < 4.78 is 5.05. The van der Waals surface area contributed by atoms with Crippen LogP contribution in [0.15, 0.2) is 16.7 Å². The van der Waals surface area contributed by atoms with Gasteiger partial charge in [-0.05, 0) is 37.3 Å². The van der Waals surface area contributed by atoms with Crippen LogP contribution in [0.5, 0.6) is 0 Å². The first-order chi connectivity index (χ1) is 8.87. The second-order valence-corrected chi connectivity index (χ2v) is 6.61. The Bertz CT molecular complexity index is 444. The highest BCUT2D eigenvalue weighted by molar-refractivity contribution is 5.86. The Hall–Kier alpha value is -1.29. The lowest BCUT2D eigenvalue weighted by molar-refractivity contribution is 0.0658. The van der Waals surface area contributed by atoms with Gasteiger partial charge in [0.1, 0.15) is 0 Å². The van der Waals surface area contributed by atoms with Crippen molar-refractivity contribution < 1.29 is 14.3 Å². The van der Waals surface area contributed by atoms with Gasteiger partial charge in [0, 0.05) is 18.2 Å². The predicted molar refractivity (Wildman–Crippen MR) is 73.2 cm³/mol. The lowest BCUT2D eigenvalue weighted by Gasteiger charge is -2.30. The summed E-state index contributed by atoms with van der Waals surface area (Å²) in [5.41, 5.74) is 1.09. The summed E-state index contributed by atoms with van der Waals surface area (Å²) in [4.78, 5) is 13.4. The van der Waals surface area contributed by atoms with Crippen LogP contribution < -0.4 is 0 Å². The SMILES string of the molecule is CC(C)(C)CC1CCCN1Cc1ccoc1C(=O)O. The number of hydrogen-bond acceptors (Lipinski definition) is 3. The molecule has 1 aliphatic rings. The van der Waals surface area contributed by atoms with Crippen LogP contribution in [-0.4, -0.2) is 28.6 Å². The van der Waals surface area contributed by atoms with Crippen molar-refractivity contribution in [2.24, 2.45) is 5.41 Å². The van der Waals surface area contributed by atoms with Crippen LogP contribution in [0.3, 0.4) is 0 Å². The largest absolute Gasteiger partial charge is 0.475 e. The molecule has 1 saturated heterocycles. The maximum atomic E-state index is 11.1. The van der Waals surface area contributed by atoms with E-state index in [-0.39, 0.29) is 5.76 Å². The molecule has 19 heavy (non-hydrogen) atoms. The molecule has 4 heteroatoms. The summed E-state index contributed by atoms with van der Waals surface area (Å²) in [7, 11) is 0. The van der Waals surface area contributed by atoms with Crippen LogP contribution in [-0.2, 0) is 6.54 Å². The molecule has 0 bridgehead atoms. The summed E-state index contributed by atoms with van der Waals surface area (Å²) in [6.45, 7) is 8.49. The van der Waals surface area contributed by atoms with Gasteiger partial charge in [0.15, 0.2) is 0 Å². The zero-order chi connectivity index (χ0) is 14.0. The Morgan fingerprint density at radius 3 is 2.89 bits per heavy atom. The van der Waals surface area contributed by atoms with Gasteiger partial charge in [-0.1, -0.05) is 20.8 Å². The van der Waals surface area contributed by atoms with Crippen LogP contribution in [0.25, 0.3) is 0 Å². The molecule has 0 aromatic carbocycles. The van der Waals surface area contributed by atoms with Crippen molar-refractivity contribution in [3.05, 3.63) is 23.7 Å². The zero-order valence-corrected chi connectivity index (χ0v) is 12.0. The minimum absolute atomic E-state index is 0.0846. The van der Waals surface area contributed by atoms with E-state index in [4.69, 9.17) is 9.52 Å². The molecule has 1 aromatic heterocycles. The number of furan rings is 1. The predicted octanol–water partition coefficient (Wildman–Crippen LogP) is 3.38. The lowest BCUT2D eigenvalue weighted by Crippen LogP contribution is -2.32. The van der Waals surface area contributed by atoms with E-state index in [9.17, 15) is 4.79 Å². The Balaban J connectivity index is 2.05. The first-order valence-corrected chi connectivity index (χ1v) is 6.90. The van der Waals surface area contributed by atoms with E-state index >= 15 is 0 Å². The fourth-order valence-electron chi connectivity index (χ4n) is 2.91. The van der Waals surface area contributed by atoms with Gasteiger partial charge in [-0.15, -0.1) is 0 Å². The quantitative estimate of drug-likeness (QED) is 0.906. The molecule has 0 radical (unpaired) electrons. The Kier molecular flexibility index (Phi) is 3.99. The van der Waals surface area contributed by atoms with Crippen LogP contribution in [0.1, 0.15) is 56.2 Å². The van der Waals surface area contributed by atoms with Gasteiger partial charge in [0.2, 0.25) is 5.76 Å². The number of aromatic carboxylic acids is 1. The van der Waals surface area contributed by atoms with Gasteiger partial charge < -0.3 is 9.52 Å². The third-order valence-electron chi connectivity index (χ3n) is 3.66. The van der Waals surface area contributed by atoms with Crippen molar-refractivity contribution in [1.82, 2.24) is 4.90 Å². The van der Waals surface area contributed by atoms with Crippen LogP contribution in [0, 0.1) is 5.41 Å². The molecule has 2 heterocycles. The van der Waals surface area contributed by atoms with Crippen molar-refractivity contribution in [3.8, 4) is 0 Å². The highest BCUT2D eigenvalue weighted by Gasteiger charge is 2.29. The molecule has 0 spiro atoms. The molecular formula is C15H23NO3. The summed E-state index contributed by atoms with van der Waals surface area (Å²) in [6.07, 6.45) is 5.01. The minimum Gasteiger partial charge on any atom is -0.475 e. The van der Waals surface area contributed by atoms with Crippen LogP contribution in [0.2, 0.25) is 0 Å². The molecular weight excluding hydrogens is 242 g/mol. The molecule has 1 unspecified atom stereocenters. The zero-order valence-electron chi connectivity index (χ0n) is 12.0. The monoisotopic (exact) mass is 265 g/mol. The summed E-state index contributed by atoms with van der Waals surface area (Å²) >= 11 is 0. The van der Waals surface area contributed by atoms with E-state index in [1.807, 2.05) is 0 Å². The number of carbonyl (C=O) groups is 1. The van der Waals surface area contributed by atoms with Crippen molar-refractivity contribution >= 4 is 5.97 Å². The number of carboxylic acids is 1. The third-order valence-corrected chi connectivity index (χ3v) is 3.66. The minimum atomic E-state index is -0.980. The molecule has 1 N–H and O–H groups in total. The van der Waals surface area contributed by atoms with Crippen molar-refractivity contribution in [2.75, 3.05) is 6.54 Å². The topological polar surface area (TPSA) is 53.7 Å². The fraction of sp³-hybridized carbons (Fsp3) is 0.667. The molecule has 1 fully saturated rings. The molecule has 106 valence electrons. The van der Waals surface area contributed by atoms with E-state index in [0.717, 1.165) is 18.5 Å². The molecule has 1 aromatic rings. The van der Waals surface area contributed by atoms with E-state index in [1.54, 1.807) is 6.07 Å². The second kappa shape index (κ2) is 5.37. The summed E-state index contributed by atoms with van der Waals surface area (Å²) in [5, 5.41) is 9.07. The Morgan fingerprint density at radius 2 is 2.26 bits per heavy atom.